The molecule has 0 radical (unpaired) electrons. The van der Waals surface area contributed by atoms with Crippen molar-refractivity contribution in [3.63, 3.8) is 0 Å². The van der Waals surface area contributed by atoms with Gasteiger partial charge in [0.15, 0.2) is 0 Å². The molecule has 19 heavy (non-hydrogen) atoms. The summed E-state index contributed by atoms with van der Waals surface area (Å²) in [6.07, 6.45) is 1.68. The lowest BCUT2D eigenvalue weighted by Crippen LogP contribution is -2.45. The van der Waals surface area contributed by atoms with Gasteiger partial charge in [-0.05, 0) is 18.6 Å². The molecule has 1 fully saturated rings. The maximum absolute atomic E-state index is 14.1. The topological polar surface area (TPSA) is 15.3 Å². The zero-order chi connectivity index (χ0) is 13.8. The van der Waals surface area contributed by atoms with E-state index in [2.05, 4.69) is 26.1 Å². The van der Waals surface area contributed by atoms with Gasteiger partial charge < -0.3 is 5.32 Å². The second-order valence-corrected chi connectivity index (χ2v) is 5.79. The minimum atomic E-state index is -0.455. The maximum Gasteiger partial charge on any atom is 0.132 e. The third-order valence-corrected chi connectivity index (χ3v) is 3.99. The van der Waals surface area contributed by atoms with E-state index >= 15 is 0 Å². The Labute approximate surface area is 121 Å². The van der Waals surface area contributed by atoms with Crippen LogP contribution in [0.3, 0.4) is 0 Å². The molecular formula is C14H19BrF2N2. The van der Waals surface area contributed by atoms with E-state index in [1.807, 2.05) is 6.92 Å². The van der Waals surface area contributed by atoms with E-state index in [0.29, 0.717) is 4.47 Å². The first kappa shape index (κ1) is 14.9. The average Bonchev–Trinajstić information content (AvgIpc) is 2.37. The number of benzene rings is 1. The number of hydrogen-bond donors (Lipinski definition) is 1. The molecule has 1 heterocycles. The van der Waals surface area contributed by atoms with E-state index in [4.69, 9.17) is 0 Å². The molecule has 0 unspecified atom stereocenters. The molecule has 1 aromatic rings. The Morgan fingerprint density at radius 1 is 1.26 bits per heavy atom. The van der Waals surface area contributed by atoms with Crippen molar-refractivity contribution in [1.82, 2.24) is 10.2 Å². The van der Waals surface area contributed by atoms with Gasteiger partial charge in [0.1, 0.15) is 11.6 Å². The van der Waals surface area contributed by atoms with E-state index in [1.165, 1.54) is 12.1 Å². The number of nitrogens with one attached hydrogen (secondary N) is 1. The van der Waals surface area contributed by atoms with Crippen LogP contribution in [-0.2, 0) is 0 Å². The van der Waals surface area contributed by atoms with E-state index in [0.717, 1.165) is 39.0 Å². The van der Waals surface area contributed by atoms with Gasteiger partial charge in [-0.15, -0.1) is 0 Å². The Bertz CT molecular complexity index is 410. The van der Waals surface area contributed by atoms with Crippen LogP contribution in [0.2, 0.25) is 0 Å². The van der Waals surface area contributed by atoms with Crippen LogP contribution in [-0.4, -0.2) is 31.1 Å². The summed E-state index contributed by atoms with van der Waals surface area (Å²) in [6, 6.07) is 2.53. The highest BCUT2D eigenvalue weighted by atomic mass is 79.9. The molecule has 0 bridgehead atoms. The monoisotopic (exact) mass is 332 g/mol. The maximum atomic E-state index is 14.1. The third-order valence-electron chi connectivity index (χ3n) is 3.53. The number of nitrogens with zero attached hydrogens (tertiary/aromatic N) is 1. The Morgan fingerprint density at radius 2 is 1.84 bits per heavy atom. The van der Waals surface area contributed by atoms with Crippen molar-refractivity contribution in [3.8, 4) is 0 Å². The largest absolute Gasteiger partial charge is 0.314 e. The van der Waals surface area contributed by atoms with E-state index in [9.17, 15) is 8.78 Å². The minimum Gasteiger partial charge on any atom is -0.314 e. The van der Waals surface area contributed by atoms with Crippen molar-refractivity contribution in [2.24, 2.45) is 0 Å². The lowest BCUT2D eigenvalue weighted by atomic mass is 9.98. The molecule has 0 aromatic heterocycles. The van der Waals surface area contributed by atoms with Crippen molar-refractivity contribution < 1.29 is 8.78 Å². The van der Waals surface area contributed by atoms with Crippen LogP contribution < -0.4 is 5.32 Å². The molecule has 106 valence electrons. The lowest BCUT2D eigenvalue weighted by molar-refractivity contribution is 0.158. The Balaban J connectivity index is 2.32. The number of hydrogen-bond acceptors (Lipinski definition) is 2. The van der Waals surface area contributed by atoms with Crippen LogP contribution in [0.5, 0.6) is 0 Å². The van der Waals surface area contributed by atoms with Crippen LogP contribution in [0.1, 0.15) is 31.4 Å². The number of rotatable bonds is 4. The van der Waals surface area contributed by atoms with Gasteiger partial charge in [0.25, 0.3) is 0 Å². The molecule has 2 rings (SSSR count). The Morgan fingerprint density at radius 3 is 2.37 bits per heavy atom. The number of halogens is 3. The van der Waals surface area contributed by atoms with E-state index in [-0.39, 0.29) is 11.6 Å². The average molecular weight is 333 g/mol. The fourth-order valence-electron chi connectivity index (χ4n) is 2.65. The third kappa shape index (κ3) is 3.52. The highest BCUT2D eigenvalue weighted by Gasteiger charge is 2.27. The molecule has 2 nitrogen and oxygen atoms in total. The van der Waals surface area contributed by atoms with Crippen LogP contribution in [0.4, 0.5) is 8.78 Å². The van der Waals surface area contributed by atoms with E-state index < -0.39 is 11.6 Å². The molecule has 0 saturated carbocycles. The molecule has 1 N–H and O–H groups in total. The van der Waals surface area contributed by atoms with Crippen molar-refractivity contribution >= 4 is 15.9 Å². The Kier molecular flexibility index (Phi) is 5.30. The molecule has 1 aliphatic rings. The fraction of sp³-hybridized carbons (Fsp3) is 0.571. The van der Waals surface area contributed by atoms with Crippen LogP contribution >= 0.6 is 15.9 Å². The molecule has 1 aliphatic heterocycles. The summed E-state index contributed by atoms with van der Waals surface area (Å²) in [5, 5.41) is 3.26. The molecule has 1 atom stereocenters. The number of piperazine rings is 1. The summed E-state index contributed by atoms with van der Waals surface area (Å²) in [7, 11) is 0. The summed E-state index contributed by atoms with van der Waals surface area (Å²) in [5.41, 5.74) is 0.215. The first-order valence-electron chi connectivity index (χ1n) is 6.72. The predicted molar refractivity (Wildman–Crippen MR) is 76.1 cm³/mol. The van der Waals surface area contributed by atoms with Crippen molar-refractivity contribution in [2.45, 2.75) is 25.8 Å². The van der Waals surface area contributed by atoms with Gasteiger partial charge in [0.2, 0.25) is 0 Å². The van der Waals surface area contributed by atoms with Gasteiger partial charge in [-0.2, -0.15) is 0 Å². The van der Waals surface area contributed by atoms with Gasteiger partial charge in [-0.1, -0.05) is 29.3 Å². The van der Waals surface area contributed by atoms with Gasteiger partial charge in [0.05, 0.1) is 0 Å². The SMILES string of the molecule is CCC[C@@H](c1c(F)cc(Br)cc1F)N1CCNCC1. The second-order valence-electron chi connectivity index (χ2n) is 4.87. The zero-order valence-corrected chi connectivity index (χ0v) is 12.6. The summed E-state index contributed by atoms with van der Waals surface area (Å²) >= 11 is 3.13. The first-order valence-corrected chi connectivity index (χ1v) is 7.52. The summed E-state index contributed by atoms with van der Waals surface area (Å²) in [4.78, 5) is 2.18. The Hall–Kier alpha value is -0.520. The highest BCUT2D eigenvalue weighted by Crippen LogP contribution is 2.32. The highest BCUT2D eigenvalue weighted by molar-refractivity contribution is 9.10. The van der Waals surface area contributed by atoms with Gasteiger partial charge in [0, 0.05) is 42.3 Å². The molecule has 5 heteroatoms. The summed E-state index contributed by atoms with van der Waals surface area (Å²) < 4.78 is 28.7. The molecular weight excluding hydrogens is 314 g/mol. The molecule has 0 amide bonds. The fourth-order valence-corrected chi connectivity index (χ4v) is 3.05. The summed E-state index contributed by atoms with van der Waals surface area (Å²) in [6.45, 7) is 5.46. The first-order chi connectivity index (χ1) is 9.13. The van der Waals surface area contributed by atoms with Crippen LogP contribution in [0.15, 0.2) is 16.6 Å². The second kappa shape index (κ2) is 6.77. The molecule has 0 aliphatic carbocycles. The minimum absolute atomic E-state index is 0.166. The van der Waals surface area contributed by atoms with E-state index in [1.54, 1.807) is 0 Å². The van der Waals surface area contributed by atoms with Crippen LogP contribution in [0.25, 0.3) is 0 Å². The summed E-state index contributed by atoms with van der Waals surface area (Å²) in [5.74, 6) is -0.910. The van der Waals surface area contributed by atoms with Crippen molar-refractivity contribution in [1.29, 1.82) is 0 Å². The van der Waals surface area contributed by atoms with Crippen LogP contribution in [0, 0.1) is 11.6 Å². The zero-order valence-electron chi connectivity index (χ0n) is 11.1. The van der Waals surface area contributed by atoms with Gasteiger partial charge in [-0.3, -0.25) is 4.90 Å². The standard InChI is InChI=1S/C14H19BrF2N2/c1-2-3-13(19-6-4-18-5-7-19)14-11(16)8-10(15)9-12(14)17/h8-9,13,18H,2-7H2,1H3/t13-/m0/s1. The molecule has 1 saturated heterocycles. The lowest BCUT2D eigenvalue weighted by Gasteiger charge is -2.35. The van der Waals surface area contributed by atoms with Gasteiger partial charge in [-0.25, -0.2) is 8.78 Å². The quantitative estimate of drug-likeness (QED) is 0.908. The van der Waals surface area contributed by atoms with Gasteiger partial charge >= 0.3 is 0 Å². The molecule has 0 spiro atoms. The van der Waals surface area contributed by atoms with Crippen molar-refractivity contribution in [2.75, 3.05) is 26.2 Å². The molecule has 1 aromatic carbocycles. The van der Waals surface area contributed by atoms with Crippen molar-refractivity contribution in [3.05, 3.63) is 33.8 Å². The normalized spacial score (nSPS) is 18.5. The predicted octanol–water partition coefficient (Wildman–Crippen LogP) is 3.47. The smallest absolute Gasteiger partial charge is 0.132 e.